The number of esters is 1. The molecule has 0 heterocycles. The maximum atomic E-state index is 12.8. The molecule has 0 N–H and O–H groups in total. The van der Waals surface area contributed by atoms with Gasteiger partial charge in [0.2, 0.25) is 0 Å². The minimum absolute atomic E-state index is 0.0535. The molecule has 0 aromatic heterocycles. The largest absolute Gasteiger partial charge is 0.454 e. The molecule has 0 radical (unpaired) electrons. The molecule has 0 saturated heterocycles. The van der Waals surface area contributed by atoms with Crippen molar-refractivity contribution in [2.75, 3.05) is 0 Å². The van der Waals surface area contributed by atoms with Crippen LogP contribution in [0.25, 0.3) is 0 Å². The van der Waals surface area contributed by atoms with Crippen LogP contribution in [0.4, 0.5) is 0 Å². The molecule has 4 rings (SSSR count). The summed E-state index contributed by atoms with van der Waals surface area (Å²) >= 11 is 0. The van der Waals surface area contributed by atoms with Crippen LogP contribution in [-0.2, 0) is 15.9 Å². The van der Waals surface area contributed by atoms with E-state index in [0.29, 0.717) is 12.0 Å². The third-order valence-corrected chi connectivity index (χ3v) is 6.01. The fourth-order valence-electron chi connectivity index (χ4n) is 4.22. The van der Waals surface area contributed by atoms with E-state index in [-0.39, 0.29) is 18.2 Å². The summed E-state index contributed by atoms with van der Waals surface area (Å²) < 4.78 is 12.4. The van der Waals surface area contributed by atoms with Crippen molar-refractivity contribution in [3.63, 3.8) is 0 Å². The number of hydrogen-bond donors (Lipinski definition) is 0. The first-order valence-electron chi connectivity index (χ1n) is 11.5. The molecule has 168 valence electrons. The van der Waals surface area contributed by atoms with Gasteiger partial charge < -0.3 is 9.47 Å². The second-order valence-corrected chi connectivity index (χ2v) is 8.56. The van der Waals surface area contributed by atoms with Gasteiger partial charge in [0.05, 0.1) is 17.3 Å². The van der Waals surface area contributed by atoms with Crippen LogP contribution in [0.2, 0.25) is 0 Å². The molecule has 0 fully saturated rings. The molecule has 0 spiro atoms. The summed E-state index contributed by atoms with van der Waals surface area (Å²) in [5.41, 5.74) is 3.24. The van der Waals surface area contributed by atoms with Crippen molar-refractivity contribution in [3.8, 4) is 0 Å². The molecule has 33 heavy (non-hydrogen) atoms. The molecular weight excluding hydrogens is 408 g/mol. The molecule has 1 aliphatic carbocycles. The average Bonchev–Trinajstić information content (AvgIpc) is 2.85. The first-order chi connectivity index (χ1) is 16.0. The van der Waals surface area contributed by atoms with E-state index >= 15 is 0 Å². The molecule has 3 heteroatoms. The third kappa shape index (κ3) is 5.88. The summed E-state index contributed by atoms with van der Waals surface area (Å²) in [5.74, 6) is -0.320. The lowest BCUT2D eigenvalue weighted by Gasteiger charge is -2.35. The number of hydrogen-bond acceptors (Lipinski definition) is 3. The van der Waals surface area contributed by atoms with Gasteiger partial charge in [0.25, 0.3) is 0 Å². The van der Waals surface area contributed by atoms with Gasteiger partial charge in [0.15, 0.2) is 0 Å². The van der Waals surface area contributed by atoms with Gasteiger partial charge in [-0.25, -0.2) is 4.79 Å². The van der Waals surface area contributed by atoms with Crippen LogP contribution in [0.5, 0.6) is 0 Å². The van der Waals surface area contributed by atoms with Gasteiger partial charge in [0, 0.05) is 6.42 Å². The number of benzene rings is 3. The van der Waals surface area contributed by atoms with Crippen molar-refractivity contribution in [2.45, 2.75) is 44.5 Å². The molecule has 0 aliphatic heterocycles. The van der Waals surface area contributed by atoms with E-state index in [4.69, 9.17) is 9.47 Å². The van der Waals surface area contributed by atoms with Gasteiger partial charge >= 0.3 is 5.97 Å². The predicted octanol–water partition coefficient (Wildman–Crippen LogP) is 7.18. The number of ether oxygens (including phenoxy) is 2. The molecule has 1 aliphatic rings. The lowest BCUT2D eigenvalue weighted by Crippen LogP contribution is -2.34. The highest BCUT2D eigenvalue weighted by atomic mass is 16.5. The highest BCUT2D eigenvalue weighted by Gasteiger charge is 2.31. The minimum atomic E-state index is -0.468. The second kappa shape index (κ2) is 10.5. The van der Waals surface area contributed by atoms with Crippen LogP contribution in [0.15, 0.2) is 109 Å². The summed E-state index contributed by atoms with van der Waals surface area (Å²) in [6.45, 7) is 3.98. The highest BCUT2D eigenvalue weighted by Crippen LogP contribution is 2.33. The Morgan fingerprint density at radius 2 is 1.52 bits per heavy atom. The Balaban J connectivity index is 1.49. The molecule has 0 bridgehead atoms. The Kier molecular flexibility index (Phi) is 7.21. The Bertz CT molecular complexity index is 1120. The zero-order chi connectivity index (χ0) is 23.1. The molecule has 0 saturated carbocycles. The number of carbonyl (C=O) groups excluding carboxylic acids is 1. The average molecular weight is 439 g/mol. The fourth-order valence-corrected chi connectivity index (χ4v) is 4.22. The first kappa shape index (κ1) is 22.8. The van der Waals surface area contributed by atoms with Crippen molar-refractivity contribution in [1.29, 1.82) is 0 Å². The molecule has 3 atom stereocenters. The molecular formula is C30H30O3. The Morgan fingerprint density at radius 3 is 2.15 bits per heavy atom. The summed E-state index contributed by atoms with van der Waals surface area (Å²) in [4.78, 5) is 12.8. The van der Waals surface area contributed by atoms with Crippen LogP contribution in [-0.4, -0.2) is 11.6 Å². The monoisotopic (exact) mass is 438 g/mol. The predicted molar refractivity (Wildman–Crippen MR) is 132 cm³/mol. The van der Waals surface area contributed by atoms with E-state index in [0.717, 1.165) is 23.1 Å². The molecule has 0 amide bonds. The first-order valence-corrected chi connectivity index (χ1v) is 11.5. The smallest absolute Gasteiger partial charge is 0.338 e. The van der Waals surface area contributed by atoms with E-state index in [2.05, 4.69) is 31.2 Å². The normalized spacial score (nSPS) is 19.1. The SMILES string of the molecule is C[C@@H](OC(=O)c1cccc(CC2(O[C@H](C)c3ccccc3)C=CC=CC2)c1)c1ccccc1. The van der Waals surface area contributed by atoms with Gasteiger partial charge in [0.1, 0.15) is 6.10 Å². The number of carbonyl (C=O) groups is 1. The summed E-state index contributed by atoms with van der Waals surface area (Å²) in [7, 11) is 0. The summed E-state index contributed by atoms with van der Waals surface area (Å²) in [6, 6.07) is 27.7. The van der Waals surface area contributed by atoms with Gasteiger partial charge in [-0.05, 0) is 49.1 Å². The van der Waals surface area contributed by atoms with Crippen molar-refractivity contribution in [1.82, 2.24) is 0 Å². The highest BCUT2D eigenvalue weighted by molar-refractivity contribution is 5.89. The van der Waals surface area contributed by atoms with E-state index in [1.54, 1.807) is 6.07 Å². The molecule has 1 unspecified atom stereocenters. The van der Waals surface area contributed by atoms with E-state index < -0.39 is 5.60 Å². The van der Waals surface area contributed by atoms with E-state index in [1.807, 2.05) is 85.8 Å². The van der Waals surface area contributed by atoms with Crippen molar-refractivity contribution in [3.05, 3.63) is 131 Å². The third-order valence-electron chi connectivity index (χ3n) is 6.01. The molecule has 3 aromatic rings. The fraction of sp³-hybridized carbons (Fsp3) is 0.233. The van der Waals surface area contributed by atoms with Crippen molar-refractivity contribution < 1.29 is 14.3 Å². The van der Waals surface area contributed by atoms with Crippen LogP contribution < -0.4 is 0 Å². The summed E-state index contributed by atoms with van der Waals surface area (Å²) in [6.07, 6.45) is 9.44. The Hall–Kier alpha value is -3.43. The van der Waals surface area contributed by atoms with Gasteiger partial charge in [-0.2, -0.15) is 0 Å². The van der Waals surface area contributed by atoms with Gasteiger partial charge in [-0.3, -0.25) is 0 Å². The van der Waals surface area contributed by atoms with Crippen LogP contribution in [0, 0.1) is 0 Å². The van der Waals surface area contributed by atoms with Gasteiger partial charge in [-0.1, -0.05) is 97.1 Å². The quantitative estimate of drug-likeness (QED) is 0.349. The Morgan fingerprint density at radius 1 is 0.848 bits per heavy atom. The molecule has 3 aromatic carbocycles. The van der Waals surface area contributed by atoms with Gasteiger partial charge in [-0.15, -0.1) is 0 Å². The Labute approximate surface area is 196 Å². The topological polar surface area (TPSA) is 35.5 Å². The maximum absolute atomic E-state index is 12.8. The number of allylic oxidation sites excluding steroid dienone is 2. The van der Waals surface area contributed by atoms with Crippen LogP contribution in [0.1, 0.15) is 59.5 Å². The lowest BCUT2D eigenvalue weighted by atomic mass is 9.87. The standard InChI is InChI=1S/C30H30O3/c1-23(26-14-6-3-7-15-26)32-29(31)28-18-12-13-25(21-28)22-30(19-10-5-11-20-30)33-24(2)27-16-8-4-9-17-27/h3-19,21,23-24H,20,22H2,1-2H3/t23-,24-,30?/m1/s1. The van der Waals surface area contributed by atoms with E-state index in [9.17, 15) is 4.79 Å². The van der Waals surface area contributed by atoms with Crippen molar-refractivity contribution >= 4 is 5.97 Å². The van der Waals surface area contributed by atoms with Crippen LogP contribution in [0.3, 0.4) is 0 Å². The lowest BCUT2D eigenvalue weighted by molar-refractivity contribution is -0.0559. The van der Waals surface area contributed by atoms with Crippen molar-refractivity contribution in [2.24, 2.45) is 0 Å². The molecule has 3 nitrogen and oxygen atoms in total. The zero-order valence-corrected chi connectivity index (χ0v) is 19.2. The second-order valence-electron chi connectivity index (χ2n) is 8.56. The maximum Gasteiger partial charge on any atom is 0.338 e. The zero-order valence-electron chi connectivity index (χ0n) is 19.2. The van der Waals surface area contributed by atoms with E-state index in [1.165, 1.54) is 0 Å². The summed E-state index contributed by atoms with van der Waals surface area (Å²) in [5, 5.41) is 0. The number of rotatable bonds is 8. The van der Waals surface area contributed by atoms with Crippen LogP contribution >= 0.6 is 0 Å². The minimum Gasteiger partial charge on any atom is -0.454 e.